The Morgan fingerprint density at radius 1 is 1.19 bits per heavy atom. The van der Waals surface area contributed by atoms with E-state index in [1.54, 1.807) is 22.9 Å². The van der Waals surface area contributed by atoms with E-state index in [0.29, 0.717) is 22.2 Å². The number of nitrogens with one attached hydrogen (secondary N) is 1. The zero-order valence-corrected chi connectivity index (χ0v) is 16.7. The largest absolute Gasteiger partial charge is 0.484 e. The number of benzene rings is 2. The lowest BCUT2D eigenvalue weighted by Gasteiger charge is -2.13. The molecule has 5 nitrogen and oxygen atoms in total. The van der Waals surface area contributed by atoms with Crippen molar-refractivity contribution in [1.82, 2.24) is 14.3 Å². The Bertz CT molecular complexity index is 971. The van der Waals surface area contributed by atoms with Gasteiger partial charge in [-0.25, -0.2) is 4.39 Å². The lowest BCUT2D eigenvalue weighted by molar-refractivity contribution is -0.917. The van der Waals surface area contributed by atoms with E-state index in [-0.39, 0.29) is 12.4 Å². The molecule has 0 fully saturated rings. The monoisotopic (exact) mass is 407 g/mol. The molecule has 1 N–H and O–H groups in total. The highest BCUT2D eigenvalue weighted by Gasteiger charge is 2.13. The summed E-state index contributed by atoms with van der Waals surface area (Å²) < 4.78 is 23.0. The molecule has 1 atom stereocenters. The molecule has 1 aromatic heterocycles. The molecule has 0 aliphatic rings. The summed E-state index contributed by atoms with van der Waals surface area (Å²) in [5.41, 5.74) is 1.05. The molecule has 0 radical (unpaired) electrons. The number of quaternary nitrogens is 1. The SMILES string of the molecule is Cn1c(COc2ccccc2Cl)nn(C[NH+](C)Cc2ccc(F)cc2)c1=S. The van der Waals surface area contributed by atoms with Crippen LogP contribution in [0.2, 0.25) is 5.02 Å². The molecule has 0 bridgehead atoms. The van der Waals surface area contributed by atoms with Crippen molar-refractivity contribution in [2.75, 3.05) is 7.05 Å². The van der Waals surface area contributed by atoms with Crippen LogP contribution in [-0.4, -0.2) is 21.4 Å². The Hall–Kier alpha value is -2.22. The van der Waals surface area contributed by atoms with E-state index in [9.17, 15) is 4.39 Å². The van der Waals surface area contributed by atoms with Crippen LogP contribution in [0.3, 0.4) is 0 Å². The Balaban J connectivity index is 1.66. The summed E-state index contributed by atoms with van der Waals surface area (Å²) in [7, 11) is 3.91. The van der Waals surface area contributed by atoms with Gasteiger partial charge in [-0.3, -0.25) is 0 Å². The lowest BCUT2D eigenvalue weighted by atomic mass is 10.2. The second-order valence-electron chi connectivity index (χ2n) is 6.39. The van der Waals surface area contributed by atoms with Gasteiger partial charge in [-0.15, -0.1) is 5.10 Å². The van der Waals surface area contributed by atoms with Crippen LogP contribution in [0.15, 0.2) is 48.5 Å². The maximum Gasteiger partial charge on any atom is 0.202 e. The minimum atomic E-state index is -0.230. The fourth-order valence-corrected chi connectivity index (χ4v) is 3.13. The molecule has 3 aromatic rings. The first-order valence-electron chi connectivity index (χ1n) is 8.50. The summed E-state index contributed by atoms with van der Waals surface area (Å²) in [4.78, 5) is 1.18. The van der Waals surface area contributed by atoms with Gasteiger partial charge in [0.25, 0.3) is 0 Å². The molecule has 8 heteroatoms. The zero-order valence-electron chi connectivity index (χ0n) is 15.2. The van der Waals surface area contributed by atoms with Gasteiger partial charge in [0.1, 0.15) is 24.7 Å². The Labute approximate surface area is 167 Å². The van der Waals surface area contributed by atoms with Crippen molar-refractivity contribution in [1.29, 1.82) is 0 Å². The van der Waals surface area contributed by atoms with E-state index in [4.69, 9.17) is 28.6 Å². The Morgan fingerprint density at radius 2 is 1.89 bits per heavy atom. The van der Waals surface area contributed by atoms with E-state index in [1.165, 1.54) is 17.0 Å². The molecule has 27 heavy (non-hydrogen) atoms. The highest BCUT2D eigenvalue weighted by atomic mass is 35.5. The summed E-state index contributed by atoms with van der Waals surface area (Å²) in [6.45, 7) is 1.61. The average Bonchev–Trinajstić information content (AvgIpc) is 2.91. The van der Waals surface area contributed by atoms with Crippen LogP contribution in [0.25, 0.3) is 0 Å². The lowest BCUT2D eigenvalue weighted by Crippen LogP contribution is -3.07. The quantitative estimate of drug-likeness (QED) is 0.612. The third-order valence-electron chi connectivity index (χ3n) is 4.16. The second-order valence-corrected chi connectivity index (χ2v) is 7.17. The Morgan fingerprint density at radius 3 is 2.59 bits per heavy atom. The van der Waals surface area contributed by atoms with Gasteiger partial charge in [0.05, 0.1) is 12.1 Å². The Kier molecular flexibility index (Phi) is 6.26. The molecule has 0 amide bonds. The van der Waals surface area contributed by atoms with Crippen molar-refractivity contribution in [2.24, 2.45) is 7.05 Å². The van der Waals surface area contributed by atoms with Crippen molar-refractivity contribution in [3.05, 3.63) is 75.5 Å². The molecule has 0 spiro atoms. The number of rotatable bonds is 7. The van der Waals surface area contributed by atoms with Gasteiger partial charge in [-0.2, -0.15) is 4.68 Å². The summed E-state index contributed by atoms with van der Waals surface area (Å²) in [5, 5.41) is 5.13. The van der Waals surface area contributed by atoms with Gasteiger partial charge in [-0.1, -0.05) is 35.9 Å². The standard InChI is InChI=1S/C19H20ClFN4OS/c1-23(11-14-7-9-15(21)10-8-14)13-25-19(27)24(2)18(22-25)12-26-17-6-4-3-5-16(17)20/h3-10H,11-13H2,1-2H3/p+1. The predicted octanol–water partition coefficient (Wildman–Crippen LogP) is 2.99. The van der Waals surface area contributed by atoms with Crippen LogP contribution in [-0.2, 0) is 26.9 Å². The van der Waals surface area contributed by atoms with Gasteiger partial charge in [0, 0.05) is 12.6 Å². The van der Waals surface area contributed by atoms with Crippen molar-refractivity contribution < 1.29 is 14.0 Å². The minimum absolute atomic E-state index is 0.230. The molecule has 3 rings (SSSR count). The first-order chi connectivity index (χ1) is 12.9. The number of nitrogens with zero attached hydrogens (tertiary/aromatic N) is 3. The highest BCUT2D eigenvalue weighted by Crippen LogP contribution is 2.23. The summed E-state index contributed by atoms with van der Waals surface area (Å²) >= 11 is 11.6. The van der Waals surface area contributed by atoms with Gasteiger partial charge in [0.15, 0.2) is 12.5 Å². The topological polar surface area (TPSA) is 36.4 Å². The number of halogens is 2. The minimum Gasteiger partial charge on any atom is -0.484 e. The van der Waals surface area contributed by atoms with E-state index in [1.807, 2.05) is 36.9 Å². The summed E-state index contributed by atoms with van der Waals surface area (Å²) in [6, 6.07) is 13.8. The van der Waals surface area contributed by atoms with Gasteiger partial charge in [0.2, 0.25) is 4.77 Å². The second kappa shape index (κ2) is 8.65. The number of hydrogen-bond acceptors (Lipinski definition) is 3. The maximum absolute atomic E-state index is 13.0. The number of para-hydroxylation sites is 1. The smallest absolute Gasteiger partial charge is 0.202 e. The van der Waals surface area contributed by atoms with E-state index < -0.39 is 0 Å². The molecule has 1 unspecified atom stereocenters. The van der Waals surface area contributed by atoms with Crippen molar-refractivity contribution in [2.45, 2.75) is 19.8 Å². The molecule has 1 heterocycles. The van der Waals surface area contributed by atoms with Crippen molar-refractivity contribution >= 4 is 23.8 Å². The normalized spacial score (nSPS) is 12.1. The number of hydrogen-bond donors (Lipinski definition) is 1. The first-order valence-corrected chi connectivity index (χ1v) is 9.28. The first kappa shape index (κ1) is 19.5. The molecule has 142 valence electrons. The van der Waals surface area contributed by atoms with Crippen LogP contribution in [0.1, 0.15) is 11.4 Å². The zero-order chi connectivity index (χ0) is 19.4. The van der Waals surface area contributed by atoms with E-state index in [0.717, 1.165) is 17.9 Å². The summed E-state index contributed by atoms with van der Waals surface area (Å²) in [6.07, 6.45) is 0. The maximum atomic E-state index is 13.0. The molecule has 0 aliphatic heterocycles. The van der Waals surface area contributed by atoms with Gasteiger partial charge >= 0.3 is 0 Å². The van der Waals surface area contributed by atoms with Crippen LogP contribution < -0.4 is 9.64 Å². The average molecular weight is 408 g/mol. The molecular formula is C19H21ClFN4OS+. The van der Waals surface area contributed by atoms with E-state index >= 15 is 0 Å². The van der Waals surface area contributed by atoms with Crippen LogP contribution >= 0.6 is 23.8 Å². The summed E-state index contributed by atoms with van der Waals surface area (Å²) in [5.74, 6) is 1.10. The molecule has 0 saturated heterocycles. The van der Waals surface area contributed by atoms with Crippen LogP contribution in [0.5, 0.6) is 5.75 Å². The highest BCUT2D eigenvalue weighted by molar-refractivity contribution is 7.71. The molecule has 0 aliphatic carbocycles. The fraction of sp³-hybridized carbons (Fsp3) is 0.263. The van der Waals surface area contributed by atoms with Crippen LogP contribution in [0.4, 0.5) is 4.39 Å². The molecule has 0 saturated carbocycles. The fourth-order valence-electron chi connectivity index (χ4n) is 2.73. The van der Waals surface area contributed by atoms with Crippen LogP contribution in [0, 0.1) is 10.6 Å². The molecule has 2 aromatic carbocycles. The number of ether oxygens (including phenoxy) is 1. The third kappa shape index (κ3) is 4.94. The van der Waals surface area contributed by atoms with Crippen molar-refractivity contribution in [3.8, 4) is 5.75 Å². The number of aromatic nitrogens is 3. The third-order valence-corrected chi connectivity index (χ3v) is 4.96. The predicted molar refractivity (Wildman–Crippen MR) is 105 cm³/mol. The van der Waals surface area contributed by atoms with E-state index in [2.05, 4.69) is 5.10 Å². The van der Waals surface area contributed by atoms with Crippen molar-refractivity contribution in [3.63, 3.8) is 0 Å². The van der Waals surface area contributed by atoms with Gasteiger partial charge in [-0.05, 0) is 36.5 Å². The molecular weight excluding hydrogens is 387 g/mol. The van der Waals surface area contributed by atoms with Gasteiger partial charge < -0.3 is 14.2 Å².